The number of aromatic hydroxyl groups is 3. The fourth-order valence-electron chi connectivity index (χ4n) is 2.00. The SMILES string of the molecule is O=C([OH2+])c1ccccc1O.O=C([OH2+])c1ccccc1O.O=C([OH2+])c1ccccc1O.[Cr+3]. The molecule has 0 unspecified atom stereocenters. The molecule has 3 rings (SSSR count). The fraction of sp³-hybridized carbons (Fsp3) is 0. The molecule has 0 saturated heterocycles. The van der Waals surface area contributed by atoms with Gasteiger partial charge in [-0.3, -0.25) is 0 Å². The summed E-state index contributed by atoms with van der Waals surface area (Å²) in [6.45, 7) is 0. The Morgan fingerprint density at radius 3 is 0.806 bits per heavy atom. The zero-order valence-electron chi connectivity index (χ0n) is 15.9. The monoisotopic (exact) mass is 469 g/mol. The van der Waals surface area contributed by atoms with Crippen LogP contribution in [0.2, 0.25) is 0 Å². The number of para-hydroxylation sites is 3. The molecular weight excluding hydrogens is 448 g/mol. The maximum absolute atomic E-state index is 10.4. The molecule has 0 aliphatic heterocycles. The van der Waals surface area contributed by atoms with E-state index in [0.717, 1.165) is 0 Å². The number of phenolic OH excluding ortho intramolecular Hbond substituents is 3. The second-order valence-corrected chi connectivity index (χ2v) is 5.54. The van der Waals surface area contributed by atoms with Crippen molar-refractivity contribution in [1.29, 1.82) is 0 Å². The van der Waals surface area contributed by atoms with Crippen molar-refractivity contribution in [2.75, 3.05) is 0 Å². The van der Waals surface area contributed by atoms with Crippen molar-refractivity contribution in [2.24, 2.45) is 0 Å². The third-order valence-corrected chi connectivity index (χ3v) is 3.45. The smallest absolute Gasteiger partial charge is 0.561 e. The fourth-order valence-corrected chi connectivity index (χ4v) is 2.00. The van der Waals surface area contributed by atoms with Gasteiger partial charge in [0.25, 0.3) is 0 Å². The second kappa shape index (κ2) is 13.3. The Hall–Kier alpha value is -4.00. The number of carbonyl (C=O) groups is 3. The molecule has 9 nitrogen and oxygen atoms in total. The van der Waals surface area contributed by atoms with Crippen molar-refractivity contribution >= 4 is 17.9 Å². The molecule has 0 atom stereocenters. The number of rotatable bonds is 3. The average Bonchev–Trinajstić information content (AvgIpc) is 2.69. The zero-order valence-corrected chi connectivity index (χ0v) is 17.2. The summed E-state index contributed by atoms with van der Waals surface area (Å²) in [5, 5.41) is 46.8. The van der Waals surface area contributed by atoms with Gasteiger partial charge >= 0.3 is 35.3 Å². The van der Waals surface area contributed by atoms with E-state index in [9.17, 15) is 14.4 Å². The van der Waals surface area contributed by atoms with Crippen LogP contribution in [0.5, 0.6) is 17.2 Å². The predicted octanol–water partition coefficient (Wildman–Crippen LogP) is 0.768. The average molecular weight is 469 g/mol. The van der Waals surface area contributed by atoms with Crippen molar-refractivity contribution in [2.45, 2.75) is 0 Å². The molecule has 0 aliphatic carbocycles. The summed E-state index contributed by atoms with van der Waals surface area (Å²) in [7, 11) is 0. The van der Waals surface area contributed by atoms with Crippen molar-refractivity contribution in [3.05, 3.63) is 89.5 Å². The van der Waals surface area contributed by atoms with Crippen LogP contribution in [0.3, 0.4) is 0 Å². The molecule has 3 aromatic carbocycles. The van der Waals surface area contributed by atoms with Gasteiger partial charge in [0.05, 0.1) is 0 Å². The minimum Gasteiger partial charge on any atom is -0.561 e. The topological polar surface area (TPSA) is 181 Å². The molecule has 159 valence electrons. The Morgan fingerprint density at radius 2 is 0.677 bits per heavy atom. The molecule has 10 heteroatoms. The van der Waals surface area contributed by atoms with E-state index in [0.29, 0.717) is 0 Å². The first-order valence-electron chi connectivity index (χ1n) is 8.27. The van der Waals surface area contributed by atoms with E-state index in [-0.39, 0.29) is 51.3 Å². The van der Waals surface area contributed by atoms with E-state index >= 15 is 0 Å². The van der Waals surface area contributed by atoms with Crippen LogP contribution in [-0.4, -0.2) is 48.5 Å². The summed E-state index contributed by atoms with van der Waals surface area (Å²) in [5.74, 6) is -3.00. The third-order valence-electron chi connectivity index (χ3n) is 3.45. The largest absolute Gasteiger partial charge is 3.00 e. The van der Waals surface area contributed by atoms with Crippen molar-refractivity contribution in [3.63, 3.8) is 0 Å². The number of carbonyl (C=O) groups excluding carboxylic acids is 3. The van der Waals surface area contributed by atoms with E-state index < -0.39 is 17.9 Å². The minimum atomic E-state index is -0.863. The Morgan fingerprint density at radius 1 is 0.484 bits per heavy atom. The quantitative estimate of drug-likeness (QED) is 0.476. The van der Waals surface area contributed by atoms with E-state index in [4.69, 9.17) is 30.6 Å². The van der Waals surface area contributed by atoms with Crippen LogP contribution >= 0.6 is 0 Å². The summed E-state index contributed by atoms with van der Waals surface area (Å²) < 4.78 is 0. The molecular formula is C21H21CrO9+6. The number of benzene rings is 3. The molecule has 31 heavy (non-hydrogen) atoms. The molecule has 9 N–H and O–H groups in total. The maximum atomic E-state index is 10.4. The minimum absolute atomic E-state index is 0. The molecule has 0 heterocycles. The summed E-state index contributed by atoms with van der Waals surface area (Å²) in [6.07, 6.45) is 0. The Labute approximate surface area is 187 Å². The van der Waals surface area contributed by atoms with Crippen molar-refractivity contribution in [1.82, 2.24) is 0 Å². The van der Waals surface area contributed by atoms with Crippen LogP contribution in [0.25, 0.3) is 0 Å². The van der Waals surface area contributed by atoms with Gasteiger partial charge in [-0.2, -0.15) is 0 Å². The predicted molar refractivity (Wildman–Crippen MR) is 108 cm³/mol. The van der Waals surface area contributed by atoms with Crippen LogP contribution in [0.4, 0.5) is 0 Å². The molecule has 0 saturated carbocycles. The molecule has 1 radical (unpaired) electrons. The first-order chi connectivity index (χ1) is 14.1. The standard InChI is InChI=1S/3C7H6O3.Cr/c3*8-6-4-2-1-3-5(6)7(9)10;/h3*1-4,8H,(H,9,10);/q;;;+3/p+3. The maximum Gasteiger partial charge on any atom is 3.00 e. The third kappa shape index (κ3) is 8.91. The van der Waals surface area contributed by atoms with Crippen LogP contribution < -0.4 is 0 Å². The number of hydrogen-bond acceptors (Lipinski definition) is 6. The van der Waals surface area contributed by atoms with Gasteiger partial charge in [0.1, 0.15) is 17.2 Å². The Balaban J connectivity index is 0.000000429. The van der Waals surface area contributed by atoms with Gasteiger partial charge < -0.3 is 30.6 Å². The summed E-state index contributed by atoms with van der Waals surface area (Å²) in [4.78, 5) is 31.1. The molecule has 0 spiro atoms. The number of hydrogen-bond donors (Lipinski definition) is 3. The molecule has 0 aromatic heterocycles. The van der Waals surface area contributed by atoms with Gasteiger partial charge in [-0.1, -0.05) is 36.4 Å². The second-order valence-electron chi connectivity index (χ2n) is 5.54. The molecule has 0 aliphatic rings. The van der Waals surface area contributed by atoms with Gasteiger partial charge in [-0.15, -0.1) is 0 Å². The van der Waals surface area contributed by atoms with Crippen LogP contribution in [0.15, 0.2) is 72.8 Å². The molecule has 0 fully saturated rings. The normalized spacial score (nSPS) is 8.90. The summed E-state index contributed by atoms with van der Waals surface area (Å²) in [6, 6.07) is 17.9. The Kier molecular flexibility index (Phi) is 11.6. The van der Waals surface area contributed by atoms with E-state index in [1.165, 1.54) is 36.4 Å². The van der Waals surface area contributed by atoms with Gasteiger partial charge in [-0.25, -0.2) is 0 Å². The van der Waals surface area contributed by atoms with Gasteiger partial charge in [0.2, 0.25) is 0 Å². The first-order valence-corrected chi connectivity index (χ1v) is 8.27. The van der Waals surface area contributed by atoms with Gasteiger partial charge in [0, 0.05) is 14.4 Å². The Bertz CT molecular complexity index is 903. The number of phenols is 3. The molecule has 0 amide bonds. The van der Waals surface area contributed by atoms with E-state index in [1.54, 1.807) is 36.4 Å². The summed E-state index contributed by atoms with van der Waals surface area (Å²) >= 11 is 0. The van der Waals surface area contributed by atoms with Crippen LogP contribution in [0, 0.1) is 0 Å². The molecule has 0 bridgehead atoms. The van der Waals surface area contributed by atoms with Crippen LogP contribution in [0.1, 0.15) is 31.1 Å². The van der Waals surface area contributed by atoms with Crippen molar-refractivity contribution < 1.29 is 62.4 Å². The first kappa shape index (κ1) is 27.0. The van der Waals surface area contributed by atoms with Crippen molar-refractivity contribution in [3.8, 4) is 17.2 Å². The summed E-state index contributed by atoms with van der Waals surface area (Å²) in [5.41, 5.74) is 0.132. The van der Waals surface area contributed by atoms with Crippen LogP contribution in [-0.2, 0) is 17.4 Å². The van der Waals surface area contributed by atoms with Gasteiger partial charge in [-0.05, 0) is 36.4 Å². The van der Waals surface area contributed by atoms with E-state index in [2.05, 4.69) is 0 Å². The molecule has 3 aromatic rings. The van der Waals surface area contributed by atoms with Gasteiger partial charge in [0.15, 0.2) is 16.7 Å². The zero-order chi connectivity index (χ0) is 22.7. The van der Waals surface area contributed by atoms with E-state index in [1.807, 2.05) is 0 Å².